The number of thiophene rings is 1. The number of anilines is 1. The second-order valence-corrected chi connectivity index (χ2v) is 9.53. The van der Waals surface area contributed by atoms with E-state index in [4.69, 9.17) is 16.3 Å². The number of carbonyl (C=O) groups excluding carboxylic acids is 2. The Morgan fingerprint density at radius 2 is 2.06 bits per heavy atom. The van der Waals surface area contributed by atoms with Gasteiger partial charge in [0, 0.05) is 22.2 Å². The minimum Gasteiger partial charge on any atom is -0.461 e. The lowest BCUT2D eigenvalue weighted by Gasteiger charge is -2.20. The molecule has 33 heavy (non-hydrogen) atoms. The molecule has 1 aliphatic rings. The summed E-state index contributed by atoms with van der Waals surface area (Å²) in [6, 6.07) is 6.65. The highest BCUT2D eigenvalue weighted by Gasteiger charge is 2.23. The standard InChI is InChI=1S/C24H26ClN3O4S/c1-2-32-24(31)21-18-14-33-22(26-19(29)12-11-15-7-4-3-5-8-15)20(18)23(30)28(27-21)17-10-6-9-16(25)13-17/h6,9-10,13-15H,2-5,7-8,11-12H2,1H3,(H,26,29). The Bertz CT molecular complexity index is 1230. The van der Waals surface area contributed by atoms with Gasteiger partial charge in [0.2, 0.25) is 5.91 Å². The number of rotatable bonds is 7. The first kappa shape index (κ1) is 23.4. The van der Waals surface area contributed by atoms with E-state index in [2.05, 4.69) is 10.4 Å². The molecule has 1 fully saturated rings. The lowest BCUT2D eigenvalue weighted by Crippen LogP contribution is -2.25. The predicted molar refractivity (Wildman–Crippen MR) is 131 cm³/mol. The summed E-state index contributed by atoms with van der Waals surface area (Å²) in [5, 5.41) is 10.3. The van der Waals surface area contributed by atoms with Crippen LogP contribution in [-0.4, -0.2) is 28.3 Å². The summed E-state index contributed by atoms with van der Waals surface area (Å²) in [6.45, 7) is 1.88. The third-order valence-electron chi connectivity index (χ3n) is 5.93. The maximum atomic E-state index is 13.4. The minimum absolute atomic E-state index is 0.0189. The molecule has 0 radical (unpaired) electrons. The molecule has 174 valence electrons. The summed E-state index contributed by atoms with van der Waals surface area (Å²) in [7, 11) is 0. The second-order valence-electron chi connectivity index (χ2n) is 8.21. The maximum absolute atomic E-state index is 13.4. The normalized spacial score (nSPS) is 14.4. The zero-order chi connectivity index (χ0) is 23.4. The summed E-state index contributed by atoms with van der Waals surface area (Å²) in [5.74, 6) is -0.178. The van der Waals surface area contributed by atoms with Crippen molar-refractivity contribution in [2.75, 3.05) is 11.9 Å². The van der Waals surface area contributed by atoms with Crippen molar-refractivity contribution in [2.24, 2.45) is 5.92 Å². The van der Waals surface area contributed by atoms with Crippen LogP contribution in [0.2, 0.25) is 5.02 Å². The van der Waals surface area contributed by atoms with E-state index in [1.807, 2.05) is 0 Å². The van der Waals surface area contributed by atoms with Crippen molar-refractivity contribution in [1.82, 2.24) is 9.78 Å². The molecule has 1 amide bonds. The Hall–Kier alpha value is -2.71. The van der Waals surface area contributed by atoms with E-state index in [0.717, 1.165) is 11.1 Å². The molecule has 0 saturated heterocycles. The Morgan fingerprint density at radius 3 is 2.79 bits per heavy atom. The van der Waals surface area contributed by atoms with Crippen LogP contribution < -0.4 is 10.9 Å². The summed E-state index contributed by atoms with van der Waals surface area (Å²) in [4.78, 5) is 38.7. The number of nitrogens with zero attached hydrogens (tertiary/aromatic N) is 2. The van der Waals surface area contributed by atoms with Crippen LogP contribution in [-0.2, 0) is 9.53 Å². The van der Waals surface area contributed by atoms with Crippen LogP contribution in [0.4, 0.5) is 5.00 Å². The fraction of sp³-hybridized carbons (Fsp3) is 0.417. The number of benzene rings is 1. The average Bonchev–Trinajstić information content (AvgIpc) is 3.23. The molecule has 1 N–H and O–H groups in total. The maximum Gasteiger partial charge on any atom is 0.359 e. The molecule has 1 saturated carbocycles. The van der Waals surface area contributed by atoms with E-state index < -0.39 is 11.5 Å². The number of halogens is 1. The number of carbonyl (C=O) groups is 2. The van der Waals surface area contributed by atoms with Gasteiger partial charge in [-0.3, -0.25) is 9.59 Å². The molecule has 1 aromatic carbocycles. The highest BCUT2D eigenvalue weighted by atomic mass is 35.5. The molecule has 0 atom stereocenters. The number of hydrogen-bond donors (Lipinski definition) is 1. The third-order valence-corrected chi connectivity index (χ3v) is 7.06. The van der Waals surface area contributed by atoms with E-state index in [-0.39, 0.29) is 23.6 Å². The van der Waals surface area contributed by atoms with Gasteiger partial charge in [-0.1, -0.05) is 49.8 Å². The van der Waals surface area contributed by atoms with Crippen molar-refractivity contribution < 1.29 is 14.3 Å². The topological polar surface area (TPSA) is 90.3 Å². The van der Waals surface area contributed by atoms with Gasteiger partial charge >= 0.3 is 5.97 Å². The molecule has 0 bridgehead atoms. The Kier molecular flexibility index (Phi) is 7.45. The van der Waals surface area contributed by atoms with Crippen molar-refractivity contribution in [2.45, 2.75) is 51.9 Å². The van der Waals surface area contributed by atoms with Gasteiger partial charge in [0.25, 0.3) is 5.56 Å². The first-order valence-electron chi connectivity index (χ1n) is 11.3. The number of hydrogen-bond acceptors (Lipinski definition) is 6. The summed E-state index contributed by atoms with van der Waals surface area (Å²) >= 11 is 7.31. The van der Waals surface area contributed by atoms with Crippen LogP contribution in [0.15, 0.2) is 34.4 Å². The van der Waals surface area contributed by atoms with Gasteiger partial charge in [-0.25, -0.2) is 4.79 Å². The quantitative estimate of drug-likeness (QED) is 0.439. The van der Waals surface area contributed by atoms with Crippen molar-refractivity contribution in [3.8, 4) is 5.69 Å². The lowest BCUT2D eigenvalue weighted by molar-refractivity contribution is -0.116. The SMILES string of the molecule is CCOC(=O)c1nn(-c2cccc(Cl)c2)c(=O)c2c(NC(=O)CCC3CCCCC3)scc12. The Morgan fingerprint density at radius 1 is 1.27 bits per heavy atom. The monoisotopic (exact) mass is 487 g/mol. The molecule has 3 aromatic rings. The average molecular weight is 488 g/mol. The van der Waals surface area contributed by atoms with E-state index in [0.29, 0.717) is 33.4 Å². The molecule has 1 aliphatic carbocycles. The molecular formula is C24H26ClN3O4S. The molecular weight excluding hydrogens is 462 g/mol. The fourth-order valence-electron chi connectivity index (χ4n) is 4.27. The number of ether oxygens (including phenoxy) is 1. The highest BCUT2D eigenvalue weighted by molar-refractivity contribution is 7.16. The Balaban J connectivity index is 1.69. The van der Waals surface area contributed by atoms with Crippen LogP contribution in [0.5, 0.6) is 0 Å². The number of amides is 1. The van der Waals surface area contributed by atoms with Crippen molar-refractivity contribution in [3.05, 3.63) is 50.7 Å². The molecule has 4 rings (SSSR count). The van der Waals surface area contributed by atoms with Gasteiger partial charge in [0.05, 0.1) is 17.7 Å². The van der Waals surface area contributed by atoms with Gasteiger partial charge < -0.3 is 10.1 Å². The first-order chi connectivity index (χ1) is 16.0. The van der Waals surface area contributed by atoms with E-state index >= 15 is 0 Å². The van der Waals surface area contributed by atoms with Gasteiger partial charge in [0.1, 0.15) is 5.00 Å². The second kappa shape index (κ2) is 10.5. The minimum atomic E-state index is -0.633. The van der Waals surface area contributed by atoms with Crippen molar-refractivity contribution in [3.63, 3.8) is 0 Å². The largest absolute Gasteiger partial charge is 0.461 e. The fourth-order valence-corrected chi connectivity index (χ4v) is 5.41. The van der Waals surface area contributed by atoms with Gasteiger partial charge in [0.15, 0.2) is 5.69 Å². The first-order valence-corrected chi connectivity index (χ1v) is 12.5. The molecule has 2 aromatic heterocycles. The van der Waals surface area contributed by atoms with Crippen LogP contribution in [0.25, 0.3) is 16.5 Å². The zero-order valence-electron chi connectivity index (χ0n) is 18.4. The highest BCUT2D eigenvalue weighted by Crippen LogP contribution is 2.32. The predicted octanol–water partition coefficient (Wildman–Crippen LogP) is 5.58. The van der Waals surface area contributed by atoms with Gasteiger partial charge in [-0.2, -0.15) is 9.78 Å². The molecule has 0 spiro atoms. The summed E-state index contributed by atoms with van der Waals surface area (Å²) < 4.78 is 6.29. The smallest absolute Gasteiger partial charge is 0.359 e. The number of aromatic nitrogens is 2. The number of nitrogens with one attached hydrogen (secondary N) is 1. The van der Waals surface area contributed by atoms with Crippen LogP contribution in [0, 0.1) is 5.92 Å². The Labute approximate surface area is 200 Å². The third kappa shape index (κ3) is 5.28. The molecule has 0 aliphatic heterocycles. The molecule has 7 nitrogen and oxygen atoms in total. The van der Waals surface area contributed by atoms with Crippen molar-refractivity contribution >= 4 is 50.6 Å². The van der Waals surface area contributed by atoms with Gasteiger partial charge in [-0.15, -0.1) is 11.3 Å². The zero-order valence-corrected chi connectivity index (χ0v) is 20.0. The molecule has 0 unspecified atom stereocenters. The summed E-state index contributed by atoms with van der Waals surface area (Å²) in [5.41, 5.74) is -0.00440. The van der Waals surface area contributed by atoms with Crippen LogP contribution >= 0.6 is 22.9 Å². The van der Waals surface area contributed by atoms with Gasteiger partial charge in [-0.05, 0) is 37.5 Å². The number of fused-ring (bicyclic) bond motifs is 1. The van der Waals surface area contributed by atoms with E-state index in [1.165, 1.54) is 43.4 Å². The van der Waals surface area contributed by atoms with Crippen LogP contribution in [0.3, 0.4) is 0 Å². The molecule has 2 heterocycles. The van der Waals surface area contributed by atoms with E-state index in [1.54, 1.807) is 36.6 Å². The number of esters is 1. The van der Waals surface area contributed by atoms with Crippen LogP contribution in [0.1, 0.15) is 62.4 Å². The lowest BCUT2D eigenvalue weighted by atomic mass is 9.86. The summed E-state index contributed by atoms with van der Waals surface area (Å²) in [6.07, 6.45) is 7.34. The van der Waals surface area contributed by atoms with Crippen molar-refractivity contribution in [1.29, 1.82) is 0 Å². The molecule has 9 heteroatoms. The van der Waals surface area contributed by atoms with E-state index in [9.17, 15) is 14.4 Å².